The molecule has 7 heteroatoms. The van der Waals surface area contributed by atoms with Crippen LogP contribution in [-0.4, -0.2) is 24.3 Å². The fraction of sp³-hybridized carbons (Fsp3) is 0.294. The number of benzene rings is 2. The zero-order valence-corrected chi connectivity index (χ0v) is 14.2. The molecule has 1 N–H and O–H groups in total. The van der Waals surface area contributed by atoms with Crippen LogP contribution in [0.25, 0.3) is 0 Å². The summed E-state index contributed by atoms with van der Waals surface area (Å²) in [5.74, 6) is -2.08. The lowest BCUT2D eigenvalue weighted by Gasteiger charge is -2.20. The maximum absolute atomic E-state index is 14.3. The molecule has 3 nitrogen and oxygen atoms in total. The number of aliphatic hydroxyl groups excluding tert-OH is 1. The lowest BCUT2D eigenvalue weighted by molar-refractivity contribution is 0.198. The van der Waals surface area contributed by atoms with Gasteiger partial charge in [0.2, 0.25) is 0 Å². The minimum atomic E-state index is -0.954. The highest BCUT2D eigenvalue weighted by Crippen LogP contribution is 2.34. The molecule has 1 aliphatic rings. The van der Waals surface area contributed by atoms with Crippen LogP contribution in [0.1, 0.15) is 12.0 Å². The first-order chi connectivity index (χ1) is 11.4. The molecule has 2 aromatic carbocycles. The number of halogens is 4. The van der Waals surface area contributed by atoms with Crippen LogP contribution >= 0.6 is 15.9 Å². The summed E-state index contributed by atoms with van der Waals surface area (Å²) >= 11 is 3.33. The number of nitrogens with zero attached hydrogens (tertiary/aromatic N) is 1. The van der Waals surface area contributed by atoms with Crippen LogP contribution in [0.15, 0.2) is 34.8 Å². The van der Waals surface area contributed by atoms with Gasteiger partial charge in [-0.05, 0) is 46.1 Å². The number of hydrogen-bond acceptors (Lipinski definition) is 3. The highest BCUT2D eigenvalue weighted by atomic mass is 79.9. The van der Waals surface area contributed by atoms with Crippen molar-refractivity contribution in [3.63, 3.8) is 0 Å². The van der Waals surface area contributed by atoms with Gasteiger partial charge in [0.15, 0.2) is 11.6 Å². The molecule has 2 aromatic rings. The number of ether oxygens (including phenoxy) is 1. The van der Waals surface area contributed by atoms with E-state index >= 15 is 0 Å². The van der Waals surface area contributed by atoms with E-state index in [1.54, 1.807) is 11.0 Å². The third kappa shape index (κ3) is 3.67. The van der Waals surface area contributed by atoms with E-state index in [1.165, 1.54) is 12.1 Å². The number of rotatable bonds is 4. The summed E-state index contributed by atoms with van der Waals surface area (Å²) in [5.41, 5.74) is 0.826. The molecule has 0 aromatic heterocycles. The molecule has 0 spiro atoms. The molecule has 0 amide bonds. The van der Waals surface area contributed by atoms with Crippen LogP contribution in [-0.2, 0) is 6.61 Å². The molecule has 0 radical (unpaired) electrons. The fourth-order valence-corrected chi connectivity index (χ4v) is 3.07. The van der Waals surface area contributed by atoms with E-state index in [0.717, 1.165) is 12.1 Å². The summed E-state index contributed by atoms with van der Waals surface area (Å²) < 4.78 is 46.4. The van der Waals surface area contributed by atoms with Crippen molar-refractivity contribution in [3.8, 4) is 5.75 Å². The summed E-state index contributed by atoms with van der Waals surface area (Å²) in [6.45, 7) is 0.953. The normalized spacial score (nSPS) is 17.4. The van der Waals surface area contributed by atoms with E-state index in [2.05, 4.69) is 15.9 Å². The van der Waals surface area contributed by atoms with Gasteiger partial charge >= 0.3 is 0 Å². The van der Waals surface area contributed by atoms with E-state index < -0.39 is 23.6 Å². The molecule has 1 unspecified atom stereocenters. The third-order valence-electron chi connectivity index (χ3n) is 3.88. The second kappa shape index (κ2) is 7.03. The number of β-amino-alcohol motifs (C(OH)–C–C–N with tert-alkyl or cyclic N) is 1. The SMILES string of the molecule is OC1CCN(c2cc(Br)c(OCc3ccc(F)c(F)c3)cc2F)C1. The maximum atomic E-state index is 14.3. The molecule has 128 valence electrons. The van der Waals surface area contributed by atoms with E-state index in [1.807, 2.05) is 0 Å². The van der Waals surface area contributed by atoms with Crippen LogP contribution in [0.4, 0.5) is 18.9 Å². The summed E-state index contributed by atoms with van der Waals surface area (Å²) in [4.78, 5) is 1.77. The zero-order valence-electron chi connectivity index (χ0n) is 12.6. The lowest BCUT2D eigenvalue weighted by Crippen LogP contribution is -2.22. The minimum Gasteiger partial charge on any atom is -0.488 e. The standard InChI is InChI=1S/C17H15BrF3NO2/c18-12-6-16(22-4-3-11(23)8-22)15(21)7-17(12)24-9-10-1-2-13(19)14(20)5-10/h1-2,5-7,11,23H,3-4,8-9H2. The van der Waals surface area contributed by atoms with Crippen LogP contribution < -0.4 is 9.64 Å². The van der Waals surface area contributed by atoms with Crippen LogP contribution in [0.5, 0.6) is 5.75 Å². The first-order valence-electron chi connectivity index (χ1n) is 7.43. The molecular weight excluding hydrogens is 387 g/mol. The molecule has 1 saturated heterocycles. The fourth-order valence-electron chi connectivity index (χ4n) is 2.62. The van der Waals surface area contributed by atoms with Gasteiger partial charge in [0.1, 0.15) is 18.2 Å². The Kier molecular flexibility index (Phi) is 5.01. The number of hydrogen-bond donors (Lipinski definition) is 1. The van der Waals surface area contributed by atoms with Crippen molar-refractivity contribution in [2.45, 2.75) is 19.1 Å². The molecule has 0 saturated carbocycles. The largest absolute Gasteiger partial charge is 0.488 e. The number of aliphatic hydroxyl groups is 1. The highest BCUT2D eigenvalue weighted by Gasteiger charge is 2.23. The molecule has 3 rings (SSSR count). The molecule has 0 bridgehead atoms. The molecule has 1 fully saturated rings. The highest BCUT2D eigenvalue weighted by molar-refractivity contribution is 9.10. The summed E-state index contributed by atoms with van der Waals surface area (Å²) in [6, 6.07) is 6.30. The molecule has 0 aliphatic carbocycles. The van der Waals surface area contributed by atoms with E-state index in [4.69, 9.17) is 4.74 Å². The van der Waals surface area contributed by atoms with Crippen molar-refractivity contribution < 1.29 is 23.0 Å². The molecule has 1 aliphatic heterocycles. The number of anilines is 1. The average molecular weight is 402 g/mol. The van der Waals surface area contributed by atoms with Gasteiger partial charge in [-0.25, -0.2) is 13.2 Å². The Labute approximate surface area is 145 Å². The smallest absolute Gasteiger partial charge is 0.159 e. The Morgan fingerprint density at radius 3 is 2.58 bits per heavy atom. The van der Waals surface area contributed by atoms with Gasteiger partial charge in [0.25, 0.3) is 0 Å². The first-order valence-corrected chi connectivity index (χ1v) is 8.22. The van der Waals surface area contributed by atoms with Crippen LogP contribution in [0.3, 0.4) is 0 Å². The van der Waals surface area contributed by atoms with Crippen molar-refractivity contribution in [1.29, 1.82) is 0 Å². The van der Waals surface area contributed by atoms with Crippen molar-refractivity contribution in [2.75, 3.05) is 18.0 Å². The van der Waals surface area contributed by atoms with Gasteiger partial charge in [-0.1, -0.05) is 6.07 Å². The summed E-state index contributed by atoms with van der Waals surface area (Å²) in [5, 5.41) is 9.57. The van der Waals surface area contributed by atoms with Gasteiger partial charge in [-0.15, -0.1) is 0 Å². The van der Waals surface area contributed by atoms with Crippen molar-refractivity contribution in [2.24, 2.45) is 0 Å². The quantitative estimate of drug-likeness (QED) is 0.839. The topological polar surface area (TPSA) is 32.7 Å². The second-order valence-electron chi connectivity index (χ2n) is 5.66. The van der Waals surface area contributed by atoms with Gasteiger partial charge in [0.05, 0.1) is 16.3 Å². The third-order valence-corrected chi connectivity index (χ3v) is 4.50. The predicted octanol–water partition coefficient (Wildman–Crippen LogP) is 4.02. The van der Waals surface area contributed by atoms with Crippen molar-refractivity contribution in [1.82, 2.24) is 0 Å². The van der Waals surface area contributed by atoms with Crippen LogP contribution in [0, 0.1) is 17.5 Å². The Morgan fingerprint density at radius 1 is 1.12 bits per heavy atom. The lowest BCUT2D eigenvalue weighted by atomic mass is 10.2. The predicted molar refractivity (Wildman–Crippen MR) is 87.6 cm³/mol. The van der Waals surface area contributed by atoms with Gasteiger partial charge < -0.3 is 14.7 Å². The van der Waals surface area contributed by atoms with E-state index in [0.29, 0.717) is 35.2 Å². The summed E-state index contributed by atoms with van der Waals surface area (Å²) in [7, 11) is 0. The molecule has 1 heterocycles. The van der Waals surface area contributed by atoms with Gasteiger partial charge in [-0.2, -0.15) is 0 Å². The first kappa shape index (κ1) is 17.1. The van der Waals surface area contributed by atoms with Crippen molar-refractivity contribution >= 4 is 21.6 Å². The maximum Gasteiger partial charge on any atom is 0.159 e. The van der Waals surface area contributed by atoms with Gasteiger partial charge in [-0.3, -0.25) is 0 Å². The molecular formula is C17H15BrF3NO2. The Morgan fingerprint density at radius 2 is 1.92 bits per heavy atom. The summed E-state index contributed by atoms with van der Waals surface area (Å²) in [6.07, 6.45) is 0.151. The zero-order chi connectivity index (χ0) is 17.3. The Hall–Kier alpha value is -1.73. The van der Waals surface area contributed by atoms with E-state index in [9.17, 15) is 18.3 Å². The second-order valence-corrected chi connectivity index (χ2v) is 6.51. The van der Waals surface area contributed by atoms with Crippen molar-refractivity contribution in [3.05, 3.63) is 57.8 Å². The molecule has 1 atom stereocenters. The van der Waals surface area contributed by atoms with E-state index in [-0.39, 0.29) is 12.4 Å². The Balaban J connectivity index is 1.74. The minimum absolute atomic E-state index is 0.0169. The Bertz CT molecular complexity index is 757. The monoisotopic (exact) mass is 401 g/mol. The van der Waals surface area contributed by atoms with Gasteiger partial charge in [0, 0.05) is 19.2 Å². The molecule has 24 heavy (non-hydrogen) atoms. The average Bonchev–Trinajstić information content (AvgIpc) is 2.97. The van der Waals surface area contributed by atoms with Crippen LogP contribution in [0.2, 0.25) is 0 Å².